The van der Waals surface area contributed by atoms with E-state index in [0.29, 0.717) is 38.6 Å². The molecule has 0 bridgehead atoms. The van der Waals surface area contributed by atoms with Crippen LogP contribution in [0.4, 0.5) is 0 Å². The van der Waals surface area contributed by atoms with Gasteiger partial charge in [-0.1, -0.05) is 43.2 Å². The second kappa shape index (κ2) is 19.4. The topological polar surface area (TPSA) is 265 Å². The number of nitrogens with one attached hydrogen (secondary N) is 2. The van der Waals surface area contributed by atoms with Gasteiger partial charge in [-0.05, 0) is 73.4 Å². The minimum Gasteiger partial charge on any atom is -0.480 e. The highest BCUT2D eigenvalue weighted by molar-refractivity contribution is 7.09. The zero-order chi connectivity index (χ0) is 39.5. The number of carboxylic acids is 1. The number of carbonyl (C=O) groups is 5. The van der Waals surface area contributed by atoms with E-state index in [4.69, 9.17) is 22.9 Å². The number of nitrogens with two attached hydrogens (primary N) is 4. The molecule has 6 atom stereocenters. The average Bonchev–Trinajstić information content (AvgIpc) is 3.82. The summed E-state index contributed by atoms with van der Waals surface area (Å²) in [7, 11) is 0. The van der Waals surface area contributed by atoms with Crippen molar-refractivity contribution in [1.29, 1.82) is 0 Å². The van der Waals surface area contributed by atoms with E-state index in [0.717, 1.165) is 35.3 Å². The van der Waals surface area contributed by atoms with E-state index in [9.17, 15) is 24.3 Å². The van der Waals surface area contributed by atoms with Gasteiger partial charge in [-0.15, -0.1) is 11.3 Å². The third kappa shape index (κ3) is 11.0. The van der Waals surface area contributed by atoms with Crippen LogP contribution in [0.3, 0.4) is 0 Å². The van der Waals surface area contributed by atoms with Crippen LogP contribution < -0.4 is 33.6 Å². The van der Waals surface area contributed by atoms with Crippen molar-refractivity contribution in [3.05, 3.63) is 57.8 Å². The summed E-state index contributed by atoms with van der Waals surface area (Å²) in [6.07, 6.45) is 5.98. The molecule has 1 saturated heterocycles. The van der Waals surface area contributed by atoms with Gasteiger partial charge in [-0.25, -0.2) is 4.79 Å². The van der Waals surface area contributed by atoms with Gasteiger partial charge in [-0.2, -0.15) is 0 Å². The van der Waals surface area contributed by atoms with Gasteiger partial charge in [0.1, 0.15) is 24.2 Å². The standard InChI is InChI=1S/C38H54N10O6S/c39-37(40)43-16-6-5-15-32(49)45-28(21-26-12-8-18-55-26)34(51)47-22-25-11-2-1-9-23(25)19-31(47)35(52)48-29-14-4-3-10-24(29)20-30(48)33(50)46-27(36(53)54)13-7-17-44-38(41)42/h1-2,8-9,11-12,18,24,27-31H,3-7,10,13-17,19-22H2,(H,45,49)(H,46,50)(H,53,54)(H4,39,40,43)(H4,41,42,44). The number of benzene rings is 1. The van der Waals surface area contributed by atoms with Crippen molar-refractivity contribution in [2.75, 3.05) is 13.1 Å². The van der Waals surface area contributed by atoms with E-state index >= 15 is 4.79 Å². The third-order valence-electron chi connectivity index (χ3n) is 10.7. The number of rotatable bonds is 17. The Morgan fingerprint density at radius 1 is 0.855 bits per heavy atom. The summed E-state index contributed by atoms with van der Waals surface area (Å²) in [6.45, 7) is 0.745. The SMILES string of the molecule is NC(N)=NCCCCC(=O)NC(Cc1cccs1)C(=O)N1Cc2ccccc2CC1C(=O)N1C(C(=O)NC(CCCN=C(N)N)C(=O)O)CC2CCCCC21. The van der Waals surface area contributed by atoms with Gasteiger partial charge in [-0.3, -0.25) is 29.2 Å². The zero-order valence-corrected chi connectivity index (χ0v) is 31.9. The van der Waals surface area contributed by atoms with Gasteiger partial charge in [0.25, 0.3) is 0 Å². The van der Waals surface area contributed by atoms with E-state index in [1.165, 1.54) is 11.3 Å². The Morgan fingerprint density at radius 3 is 2.25 bits per heavy atom. The quantitative estimate of drug-likeness (QED) is 0.0679. The highest BCUT2D eigenvalue weighted by atomic mass is 32.1. The molecule has 2 aromatic rings. The highest BCUT2D eigenvalue weighted by Crippen LogP contribution is 2.41. The van der Waals surface area contributed by atoms with Crippen LogP contribution in [-0.2, 0) is 43.4 Å². The number of fused-ring (bicyclic) bond motifs is 2. The van der Waals surface area contributed by atoms with Crippen molar-refractivity contribution >= 4 is 52.9 Å². The Labute approximate surface area is 325 Å². The molecule has 1 aromatic carbocycles. The van der Waals surface area contributed by atoms with Crippen molar-refractivity contribution < 1.29 is 29.1 Å². The molecule has 2 fully saturated rings. The fourth-order valence-corrected chi connectivity index (χ4v) is 8.84. The number of aliphatic imine (C=N–C) groups is 2. The van der Waals surface area contributed by atoms with E-state index in [2.05, 4.69) is 20.6 Å². The first-order valence-corrected chi connectivity index (χ1v) is 20.0. The lowest BCUT2D eigenvalue weighted by Gasteiger charge is -2.42. The average molecular weight is 779 g/mol. The predicted molar refractivity (Wildman–Crippen MR) is 209 cm³/mol. The van der Waals surface area contributed by atoms with Crippen LogP contribution >= 0.6 is 11.3 Å². The van der Waals surface area contributed by atoms with E-state index in [1.54, 1.807) is 9.80 Å². The number of unbranched alkanes of at least 4 members (excludes halogenated alkanes) is 1. The number of carboxylic acid groups (broad SMARTS) is 1. The van der Waals surface area contributed by atoms with E-state index < -0.39 is 36.0 Å². The summed E-state index contributed by atoms with van der Waals surface area (Å²) >= 11 is 1.48. The molecule has 2 aliphatic heterocycles. The number of aliphatic carboxylic acids is 1. The van der Waals surface area contributed by atoms with Crippen LogP contribution in [-0.4, -0.2) is 99.7 Å². The first-order valence-electron chi connectivity index (χ1n) is 19.1. The Morgan fingerprint density at radius 2 is 1.56 bits per heavy atom. The predicted octanol–water partition coefficient (Wildman–Crippen LogP) is 0.955. The summed E-state index contributed by atoms with van der Waals surface area (Å²) < 4.78 is 0. The molecule has 3 aliphatic rings. The van der Waals surface area contributed by atoms with E-state index in [-0.39, 0.29) is 80.4 Å². The highest BCUT2D eigenvalue weighted by Gasteiger charge is 2.51. The lowest BCUT2D eigenvalue weighted by molar-refractivity contribution is -0.153. The molecule has 17 heteroatoms. The van der Waals surface area contributed by atoms with Crippen molar-refractivity contribution in [2.45, 2.75) is 114 Å². The Hall–Kier alpha value is -5.19. The van der Waals surface area contributed by atoms with Crippen molar-refractivity contribution in [3.8, 4) is 0 Å². The summed E-state index contributed by atoms with van der Waals surface area (Å²) in [5.41, 5.74) is 23.5. The molecule has 11 N–H and O–H groups in total. The summed E-state index contributed by atoms with van der Waals surface area (Å²) in [5.74, 6) is -2.82. The number of carbonyl (C=O) groups excluding carboxylic acids is 4. The van der Waals surface area contributed by atoms with Gasteiger partial charge < -0.3 is 48.5 Å². The molecule has 1 aromatic heterocycles. The molecular weight excluding hydrogens is 725 g/mol. The van der Waals surface area contributed by atoms with Crippen molar-refractivity contribution in [1.82, 2.24) is 20.4 Å². The monoisotopic (exact) mass is 778 g/mol. The molecule has 1 aliphatic carbocycles. The van der Waals surface area contributed by atoms with Crippen molar-refractivity contribution in [3.63, 3.8) is 0 Å². The van der Waals surface area contributed by atoms with Gasteiger partial charge in [0.05, 0.1) is 0 Å². The maximum Gasteiger partial charge on any atom is 0.326 e. The minimum absolute atomic E-state index is 0.0152. The maximum atomic E-state index is 15.1. The maximum absolute atomic E-state index is 15.1. The van der Waals surface area contributed by atoms with Crippen LogP contribution in [0.2, 0.25) is 0 Å². The molecular formula is C38H54N10O6S. The minimum atomic E-state index is -1.20. The van der Waals surface area contributed by atoms with Crippen molar-refractivity contribution in [2.24, 2.45) is 38.8 Å². The number of likely N-dealkylation sites (tertiary alicyclic amines) is 1. The second-order valence-electron chi connectivity index (χ2n) is 14.6. The van der Waals surface area contributed by atoms with Crippen LogP contribution in [0, 0.1) is 5.92 Å². The lowest BCUT2D eigenvalue weighted by Crippen LogP contribution is -2.61. The summed E-state index contributed by atoms with van der Waals surface area (Å²) in [6, 6.07) is 7.23. The molecule has 55 heavy (non-hydrogen) atoms. The molecule has 4 amide bonds. The molecule has 1 saturated carbocycles. The first kappa shape index (κ1) is 41.0. The fourth-order valence-electron chi connectivity index (χ4n) is 8.09. The van der Waals surface area contributed by atoms with Crippen LogP contribution in [0.25, 0.3) is 0 Å². The normalized spacial score (nSPS) is 21.3. The molecule has 3 heterocycles. The fraction of sp³-hybridized carbons (Fsp3) is 0.553. The van der Waals surface area contributed by atoms with Crippen LogP contribution in [0.15, 0.2) is 51.8 Å². The van der Waals surface area contributed by atoms with Crippen LogP contribution in [0.5, 0.6) is 0 Å². The number of nitrogens with zero attached hydrogens (tertiary/aromatic N) is 4. The molecule has 16 nitrogen and oxygen atoms in total. The molecule has 5 rings (SSSR count). The molecule has 0 spiro atoms. The zero-order valence-electron chi connectivity index (χ0n) is 31.1. The first-order chi connectivity index (χ1) is 26.4. The largest absolute Gasteiger partial charge is 0.480 e. The summed E-state index contributed by atoms with van der Waals surface area (Å²) in [4.78, 5) is 81.4. The number of thiophene rings is 1. The Balaban J connectivity index is 1.41. The number of hydrogen-bond donors (Lipinski definition) is 7. The Bertz CT molecular complexity index is 1730. The Kier molecular flexibility index (Phi) is 14.5. The molecule has 298 valence electrons. The number of guanidine groups is 2. The number of amides is 4. The number of hydrogen-bond acceptors (Lipinski definition) is 8. The van der Waals surface area contributed by atoms with E-state index in [1.807, 2.05) is 41.8 Å². The van der Waals surface area contributed by atoms with Gasteiger partial charge in [0.15, 0.2) is 11.9 Å². The van der Waals surface area contributed by atoms with Crippen LogP contribution in [0.1, 0.15) is 80.2 Å². The lowest BCUT2D eigenvalue weighted by atomic mass is 9.84. The summed E-state index contributed by atoms with van der Waals surface area (Å²) in [5, 5.41) is 17.5. The van der Waals surface area contributed by atoms with Gasteiger partial charge >= 0.3 is 5.97 Å². The molecule has 6 unspecified atom stereocenters. The second-order valence-corrected chi connectivity index (χ2v) is 15.6. The third-order valence-corrected chi connectivity index (χ3v) is 11.6. The smallest absolute Gasteiger partial charge is 0.326 e. The van der Waals surface area contributed by atoms with Gasteiger partial charge in [0.2, 0.25) is 23.6 Å². The molecule has 0 radical (unpaired) electrons. The van der Waals surface area contributed by atoms with Gasteiger partial charge in [0, 0.05) is 49.8 Å².